The fourth-order valence-corrected chi connectivity index (χ4v) is 6.12. The summed E-state index contributed by atoms with van der Waals surface area (Å²) >= 11 is 6.80. The van der Waals surface area contributed by atoms with Crippen LogP contribution in [0.3, 0.4) is 0 Å². The monoisotopic (exact) mass is 561 g/mol. The minimum Gasteiger partial charge on any atom is -0.383 e. The van der Waals surface area contributed by atoms with Gasteiger partial charge in [-0.2, -0.15) is 10.2 Å². The molecule has 3 N–H and O–H groups in total. The first-order valence-electron chi connectivity index (χ1n) is 13.6. The highest BCUT2D eigenvalue weighted by atomic mass is 35.5. The molecule has 2 aliphatic carbocycles. The maximum Gasteiger partial charge on any atom is 0.255 e. The number of aromatic nitrogens is 4. The molecule has 2 amide bonds. The van der Waals surface area contributed by atoms with Gasteiger partial charge in [-0.15, -0.1) is 0 Å². The number of hydrogen-bond acceptors (Lipinski definition) is 6. The number of nitrogens with zero attached hydrogens (tertiary/aromatic N) is 5. The number of amides is 2. The van der Waals surface area contributed by atoms with Gasteiger partial charge in [0.15, 0.2) is 5.69 Å². The van der Waals surface area contributed by atoms with Crippen molar-refractivity contribution in [1.82, 2.24) is 24.5 Å². The molecule has 3 aliphatic rings. The molecule has 3 heterocycles. The SMILES string of the molecule is C=CC(=O)N1CC(n2nc(C#Cc3c(Cl)cc(C4CC4)c4c3cnn4C3CC3)c(C(N)=O)c2NC)C[C@@H]1COC. The Bertz CT molecular complexity index is 1590. The third kappa shape index (κ3) is 4.53. The highest BCUT2D eigenvalue weighted by molar-refractivity contribution is 6.33. The summed E-state index contributed by atoms with van der Waals surface area (Å²) in [4.78, 5) is 26.9. The van der Waals surface area contributed by atoms with Crippen LogP contribution < -0.4 is 11.1 Å². The Morgan fingerprint density at radius 1 is 1.25 bits per heavy atom. The molecule has 1 unspecified atom stereocenters. The molecule has 6 rings (SSSR count). The van der Waals surface area contributed by atoms with E-state index in [4.69, 9.17) is 32.3 Å². The van der Waals surface area contributed by atoms with Crippen molar-refractivity contribution in [3.05, 3.63) is 52.3 Å². The molecule has 2 atom stereocenters. The molecular weight excluding hydrogens is 530 g/mol. The molecule has 10 nitrogen and oxygen atoms in total. The van der Waals surface area contributed by atoms with Crippen LogP contribution in [0.1, 0.15) is 77.3 Å². The van der Waals surface area contributed by atoms with Gasteiger partial charge in [0, 0.05) is 26.1 Å². The van der Waals surface area contributed by atoms with E-state index in [-0.39, 0.29) is 29.2 Å². The number of carbonyl (C=O) groups is 2. The van der Waals surface area contributed by atoms with Crippen molar-refractivity contribution in [2.24, 2.45) is 5.73 Å². The number of benzene rings is 1. The fraction of sp³-hybridized carbons (Fsp3) is 0.448. The number of halogens is 1. The lowest BCUT2D eigenvalue weighted by atomic mass is 10.0. The van der Waals surface area contributed by atoms with Gasteiger partial charge in [-0.25, -0.2) is 4.68 Å². The summed E-state index contributed by atoms with van der Waals surface area (Å²) in [6.45, 7) is 4.39. The summed E-state index contributed by atoms with van der Waals surface area (Å²) in [6, 6.07) is 2.08. The maximum absolute atomic E-state index is 12.6. The summed E-state index contributed by atoms with van der Waals surface area (Å²) in [5, 5.41) is 14.0. The van der Waals surface area contributed by atoms with Crippen LogP contribution in [0.2, 0.25) is 5.02 Å². The van der Waals surface area contributed by atoms with Gasteiger partial charge in [0.1, 0.15) is 11.4 Å². The Labute approximate surface area is 237 Å². The van der Waals surface area contributed by atoms with E-state index in [1.165, 1.54) is 11.6 Å². The van der Waals surface area contributed by atoms with E-state index in [2.05, 4.69) is 28.4 Å². The fourth-order valence-electron chi connectivity index (χ4n) is 5.85. The minimum absolute atomic E-state index is 0.152. The molecular formula is C29H32ClN7O3. The third-order valence-electron chi connectivity index (χ3n) is 8.02. The first kappa shape index (κ1) is 26.4. The highest BCUT2D eigenvalue weighted by Crippen LogP contribution is 2.47. The van der Waals surface area contributed by atoms with Gasteiger partial charge in [-0.1, -0.05) is 24.1 Å². The Morgan fingerprint density at radius 2 is 2.02 bits per heavy atom. The third-order valence-corrected chi connectivity index (χ3v) is 8.32. The Balaban J connectivity index is 1.42. The molecule has 0 bridgehead atoms. The van der Waals surface area contributed by atoms with Gasteiger partial charge in [-0.05, 0) is 61.6 Å². The smallest absolute Gasteiger partial charge is 0.255 e. The van der Waals surface area contributed by atoms with Crippen LogP contribution in [-0.4, -0.2) is 69.6 Å². The second kappa shape index (κ2) is 10.3. The number of anilines is 1. The zero-order valence-electron chi connectivity index (χ0n) is 22.6. The molecule has 1 aliphatic heterocycles. The first-order valence-corrected chi connectivity index (χ1v) is 14.0. The molecule has 0 spiro atoms. The van der Waals surface area contributed by atoms with Crippen LogP contribution in [0.25, 0.3) is 10.9 Å². The molecule has 2 aromatic heterocycles. The van der Waals surface area contributed by atoms with Crippen LogP contribution in [0, 0.1) is 11.8 Å². The molecule has 208 valence electrons. The summed E-state index contributed by atoms with van der Waals surface area (Å²) < 4.78 is 9.19. The van der Waals surface area contributed by atoms with Crippen molar-refractivity contribution in [2.45, 2.75) is 56.1 Å². The van der Waals surface area contributed by atoms with E-state index in [1.807, 2.05) is 12.3 Å². The topological polar surface area (TPSA) is 120 Å². The minimum atomic E-state index is -0.646. The van der Waals surface area contributed by atoms with E-state index in [1.54, 1.807) is 23.7 Å². The number of fused-ring (bicyclic) bond motifs is 1. The van der Waals surface area contributed by atoms with Crippen molar-refractivity contribution in [2.75, 3.05) is 32.6 Å². The van der Waals surface area contributed by atoms with Gasteiger partial charge in [0.05, 0.1) is 47.0 Å². The quantitative estimate of drug-likeness (QED) is 0.320. The molecule has 3 fully saturated rings. The number of nitrogens with two attached hydrogens (primary N) is 1. The zero-order chi connectivity index (χ0) is 28.1. The van der Waals surface area contributed by atoms with E-state index >= 15 is 0 Å². The number of likely N-dealkylation sites (tertiary alicyclic amines) is 1. The lowest BCUT2D eigenvalue weighted by Gasteiger charge is -2.22. The average Bonchev–Trinajstić information content (AvgIpc) is 3.85. The largest absolute Gasteiger partial charge is 0.383 e. The summed E-state index contributed by atoms with van der Waals surface area (Å²) in [5.41, 5.74) is 9.28. The number of methoxy groups -OCH3 is 1. The van der Waals surface area contributed by atoms with Crippen LogP contribution in [-0.2, 0) is 9.53 Å². The Hall–Kier alpha value is -3.81. The summed E-state index contributed by atoms with van der Waals surface area (Å²) in [6.07, 6.45) is 8.29. The van der Waals surface area contributed by atoms with Crippen molar-refractivity contribution >= 4 is 40.1 Å². The second-order valence-electron chi connectivity index (χ2n) is 10.8. The molecule has 1 aromatic carbocycles. The van der Waals surface area contributed by atoms with Gasteiger partial charge in [0.25, 0.3) is 5.91 Å². The maximum atomic E-state index is 12.6. The average molecular weight is 562 g/mol. The zero-order valence-corrected chi connectivity index (χ0v) is 23.4. The van der Waals surface area contributed by atoms with E-state index in [0.717, 1.165) is 36.6 Å². The van der Waals surface area contributed by atoms with E-state index in [9.17, 15) is 9.59 Å². The van der Waals surface area contributed by atoms with Gasteiger partial charge in [-0.3, -0.25) is 14.3 Å². The summed E-state index contributed by atoms with van der Waals surface area (Å²) in [5.74, 6) is 6.43. The van der Waals surface area contributed by atoms with E-state index < -0.39 is 5.91 Å². The van der Waals surface area contributed by atoms with Gasteiger partial charge in [0.2, 0.25) is 5.91 Å². The van der Waals surface area contributed by atoms with Crippen LogP contribution in [0.5, 0.6) is 0 Å². The Kier molecular flexibility index (Phi) is 6.80. The molecule has 2 saturated carbocycles. The van der Waals surface area contributed by atoms with Crippen molar-refractivity contribution in [3.63, 3.8) is 0 Å². The molecule has 11 heteroatoms. The van der Waals surface area contributed by atoms with Crippen molar-refractivity contribution in [3.8, 4) is 11.8 Å². The number of rotatable bonds is 8. The van der Waals surface area contributed by atoms with E-state index in [0.29, 0.717) is 47.9 Å². The molecule has 3 aromatic rings. The number of ether oxygens (including phenoxy) is 1. The molecule has 1 saturated heterocycles. The van der Waals surface area contributed by atoms with Crippen LogP contribution >= 0.6 is 11.6 Å². The first-order chi connectivity index (χ1) is 19.4. The Morgan fingerprint density at radius 3 is 2.65 bits per heavy atom. The number of carbonyl (C=O) groups excluding carboxylic acids is 2. The standard InChI is InChI=1S/C29H32ClN7O3/c1-4-25(38)35-14-18(11-19(35)15-40-3)37-29(32-2)26(28(31)39)24(34-37)10-9-20-22-13-33-36(17-7-8-17)27(22)21(12-23(20)30)16-5-6-16/h4,12-13,16-19,32H,1,5-8,11,14-15H2,2-3H3,(H2,31,39)/t18?,19-/m1/s1. The summed E-state index contributed by atoms with van der Waals surface area (Å²) in [7, 11) is 3.30. The highest BCUT2D eigenvalue weighted by Gasteiger charge is 2.38. The number of nitrogens with one attached hydrogen (secondary N) is 1. The van der Waals surface area contributed by atoms with Gasteiger partial charge < -0.3 is 20.7 Å². The predicted molar refractivity (Wildman–Crippen MR) is 152 cm³/mol. The van der Waals surface area contributed by atoms with Crippen molar-refractivity contribution in [1.29, 1.82) is 0 Å². The lowest BCUT2D eigenvalue weighted by Crippen LogP contribution is -2.37. The van der Waals surface area contributed by atoms with Crippen LogP contribution in [0.15, 0.2) is 24.9 Å². The predicted octanol–water partition coefficient (Wildman–Crippen LogP) is 3.61. The molecule has 40 heavy (non-hydrogen) atoms. The van der Waals surface area contributed by atoms with Crippen molar-refractivity contribution < 1.29 is 14.3 Å². The number of primary amides is 1. The number of hydrogen-bond donors (Lipinski definition) is 2. The lowest BCUT2D eigenvalue weighted by molar-refractivity contribution is -0.127. The molecule has 0 radical (unpaired) electrons. The van der Waals surface area contributed by atoms with Crippen LogP contribution in [0.4, 0.5) is 5.82 Å². The normalized spacial score (nSPS) is 20.4. The second-order valence-corrected chi connectivity index (χ2v) is 11.2. The van der Waals surface area contributed by atoms with Gasteiger partial charge >= 0.3 is 0 Å².